The first-order chi connectivity index (χ1) is 12.6. The Hall–Kier alpha value is -1.71. The summed E-state index contributed by atoms with van der Waals surface area (Å²) in [6.45, 7) is 6.95. The van der Waals surface area contributed by atoms with Crippen molar-refractivity contribution in [3.05, 3.63) is 29.8 Å². The Morgan fingerprint density at radius 1 is 1.00 bits per heavy atom. The molecule has 0 aromatic heterocycles. The van der Waals surface area contributed by atoms with Gasteiger partial charge >= 0.3 is 0 Å². The van der Waals surface area contributed by atoms with Crippen LogP contribution in [-0.4, -0.2) is 42.4 Å². The number of benzene rings is 1. The van der Waals surface area contributed by atoms with E-state index in [1.165, 1.54) is 28.6 Å². The van der Waals surface area contributed by atoms with Gasteiger partial charge in [-0.05, 0) is 70.1 Å². The summed E-state index contributed by atoms with van der Waals surface area (Å²) in [7, 11) is -3.52. The van der Waals surface area contributed by atoms with Gasteiger partial charge in [0.2, 0.25) is 10.0 Å². The predicted octanol–water partition coefficient (Wildman–Crippen LogP) is 2.16. The van der Waals surface area contributed by atoms with Crippen LogP contribution in [0.3, 0.4) is 0 Å². The zero-order chi connectivity index (χ0) is 20.1. The number of sulfonamides is 1. The molecule has 1 aromatic rings. The number of carbonyl (C=O) groups is 1. The van der Waals surface area contributed by atoms with Gasteiger partial charge < -0.3 is 5.32 Å². The van der Waals surface area contributed by atoms with E-state index in [-0.39, 0.29) is 10.4 Å². The maximum Gasteiger partial charge on any atom is 0.269 e. The van der Waals surface area contributed by atoms with Crippen molar-refractivity contribution in [3.63, 3.8) is 0 Å². The lowest BCUT2D eigenvalue weighted by Gasteiger charge is -2.23. The van der Waals surface area contributed by atoms with Crippen LogP contribution in [0.1, 0.15) is 56.8 Å². The fourth-order valence-electron chi connectivity index (χ4n) is 2.77. The van der Waals surface area contributed by atoms with E-state index in [9.17, 15) is 13.2 Å². The van der Waals surface area contributed by atoms with Crippen molar-refractivity contribution in [1.82, 2.24) is 20.5 Å². The number of carbonyl (C=O) groups excluding carboxylic acids is 1. The van der Waals surface area contributed by atoms with Crippen LogP contribution in [-0.2, 0) is 10.0 Å². The fraction of sp³-hybridized carbons (Fsp3) is 0.556. The molecule has 0 saturated carbocycles. The fourth-order valence-corrected chi connectivity index (χ4v) is 4.64. The second-order valence-electron chi connectivity index (χ2n) is 7.63. The van der Waals surface area contributed by atoms with Gasteiger partial charge in [0.1, 0.15) is 0 Å². The van der Waals surface area contributed by atoms with Crippen molar-refractivity contribution >= 4 is 33.3 Å². The molecule has 3 N–H and O–H groups in total. The van der Waals surface area contributed by atoms with Gasteiger partial charge in [-0.15, -0.1) is 0 Å². The maximum absolute atomic E-state index is 12.8. The smallest absolute Gasteiger partial charge is 0.269 e. The zero-order valence-electron chi connectivity index (χ0n) is 16.0. The lowest BCUT2D eigenvalue weighted by atomic mass is 10.1. The Labute approximate surface area is 166 Å². The molecular formula is C18H28N4O3S2. The van der Waals surface area contributed by atoms with Gasteiger partial charge in [-0.2, -0.15) is 4.31 Å². The van der Waals surface area contributed by atoms with Crippen LogP contribution in [0.25, 0.3) is 0 Å². The van der Waals surface area contributed by atoms with Crippen LogP contribution in [0, 0.1) is 0 Å². The second-order valence-corrected chi connectivity index (χ2v) is 9.97. The molecule has 0 aliphatic carbocycles. The zero-order valence-corrected chi connectivity index (χ0v) is 17.7. The Kier molecular flexibility index (Phi) is 7.19. The van der Waals surface area contributed by atoms with E-state index in [2.05, 4.69) is 16.2 Å². The standard InChI is InChI=1S/C18H28N4O3S2/c1-18(2,3)19-17(26)21-20-16(23)14-8-10-15(11-9-14)27(24,25)22-12-6-4-5-7-13-22/h8-11H,4-7,12-13H2,1-3H3,(H,20,23)(H2,19,21,26). The van der Waals surface area contributed by atoms with Crippen molar-refractivity contribution in [2.45, 2.75) is 56.9 Å². The minimum absolute atomic E-state index is 0.207. The molecular weight excluding hydrogens is 384 g/mol. The van der Waals surface area contributed by atoms with E-state index in [0.29, 0.717) is 23.8 Å². The molecule has 150 valence electrons. The lowest BCUT2D eigenvalue weighted by molar-refractivity contribution is 0.0943. The van der Waals surface area contributed by atoms with Gasteiger partial charge in [0.15, 0.2) is 5.11 Å². The van der Waals surface area contributed by atoms with Gasteiger partial charge in [-0.1, -0.05) is 12.8 Å². The average molecular weight is 413 g/mol. The number of amides is 1. The third-order valence-corrected chi connectivity index (χ3v) is 6.21. The summed E-state index contributed by atoms with van der Waals surface area (Å²) >= 11 is 5.10. The molecule has 7 nitrogen and oxygen atoms in total. The van der Waals surface area contributed by atoms with Crippen molar-refractivity contribution < 1.29 is 13.2 Å². The van der Waals surface area contributed by atoms with Crippen molar-refractivity contribution in [2.24, 2.45) is 0 Å². The van der Waals surface area contributed by atoms with Crippen LogP contribution in [0.4, 0.5) is 0 Å². The minimum atomic E-state index is -3.52. The normalized spacial score (nSPS) is 16.3. The molecule has 1 heterocycles. The highest BCUT2D eigenvalue weighted by atomic mass is 32.2. The van der Waals surface area contributed by atoms with E-state index >= 15 is 0 Å². The summed E-state index contributed by atoms with van der Waals surface area (Å²) < 4.78 is 27.0. The first-order valence-corrected chi connectivity index (χ1v) is 10.9. The minimum Gasteiger partial charge on any atom is -0.357 e. The summed E-state index contributed by atoms with van der Waals surface area (Å²) in [6, 6.07) is 5.95. The molecule has 1 aliphatic rings. The van der Waals surface area contributed by atoms with Crippen LogP contribution in [0.2, 0.25) is 0 Å². The van der Waals surface area contributed by atoms with Crippen molar-refractivity contribution in [3.8, 4) is 0 Å². The predicted molar refractivity (Wildman–Crippen MR) is 110 cm³/mol. The summed E-state index contributed by atoms with van der Waals surface area (Å²) in [5, 5.41) is 3.32. The van der Waals surface area contributed by atoms with Crippen molar-refractivity contribution in [1.29, 1.82) is 0 Å². The van der Waals surface area contributed by atoms with Crippen molar-refractivity contribution in [2.75, 3.05) is 13.1 Å². The van der Waals surface area contributed by atoms with E-state index in [1.807, 2.05) is 20.8 Å². The van der Waals surface area contributed by atoms with Crippen LogP contribution in [0.15, 0.2) is 29.2 Å². The number of rotatable bonds is 3. The molecule has 1 aromatic carbocycles. The van der Waals surface area contributed by atoms with Gasteiger partial charge in [-0.3, -0.25) is 15.6 Å². The maximum atomic E-state index is 12.8. The number of thiocarbonyl (C=S) groups is 1. The highest BCUT2D eigenvalue weighted by Gasteiger charge is 2.25. The molecule has 9 heteroatoms. The Bertz CT molecular complexity index is 763. The average Bonchev–Trinajstić information content (AvgIpc) is 2.88. The Balaban J connectivity index is 1.99. The quantitative estimate of drug-likeness (QED) is 0.521. The third kappa shape index (κ3) is 6.44. The highest BCUT2D eigenvalue weighted by Crippen LogP contribution is 2.20. The lowest BCUT2D eigenvalue weighted by Crippen LogP contribution is -2.52. The largest absolute Gasteiger partial charge is 0.357 e. The summed E-state index contributed by atoms with van der Waals surface area (Å²) in [4.78, 5) is 12.4. The SMILES string of the molecule is CC(C)(C)NC(=S)NNC(=O)c1ccc(S(=O)(=O)N2CCCCCC2)cc1. The topological polar surface area (TPSA) is 90.5 Å². The molecule has 0 atom stereocenters. The van der Waals surface area contributed by atoms with Crippen LogP contribution < -0.4 is 16.2 Å². The van der Waals surface area contributed by atoms with Gasteiger partial charge in [-0.25, -0.2) is 8.42 Å². The number of hydrogen-bond donors (Lipinski definition) is 3. The van der Waals surface area contributed by atoms with Gasteiger partial charge in [0.25, 0.3) is 5.91 Å². The molecule has 0 radical (unpaired) electrons. The molecule has 0 bridgehead atoms. The highest BCUT2D eigenvalue weighted by molar-refractivity contribution is 7.89. The molecule has 0 spiro atoms. The van der Waals surface area contributed by atoms with E-state index in [0.717, 1.165) is 25.7 Å². The molecule has 1 amide bonds. The summed E-state index contributed by atoms with van der Waals surface area (Å²) in [6.07, 6.45) is 3.88. The summed E-state index contributed by atoms with van der Waals surface area (Å²) in [5.41, 5.74) is 5.25. The second kappa shape index (κ2) is 8.99. The molecule has 1 saturated heterocycles. The van der Waals surface area contributed by atoms with E-state index < -0.39 is 15.9 Å². The first-order valence-electron chi connectivity index (χ1n) is 9.08. The van der Waals surface area contributed by atoms with E-state index in [4.69, 9.17) is 12.2 Å². The number of nitrogens with zero attached hydrogens (tertiary/aromatic N) is 1. The molecule has 1 aliphatic heterocycles. The number of nitrogens with one attached hydrogen (secondary N) is 3. The Morgan fingerprint density at radius 3 is 2.07 bits per heavy atom. The summed E-state index contributed by atoms with van der Waals surface area (Å²) in [5.74, 6) is -0.397. The number of hydrazine groups is 1. The molecule has 2 rings (SSSR count). The first kappa shape index (κ1) is 21.6. The third-order valence-electron chi connectivity index (χ3n) is 4.10. The Morgan fingerprint density at radius 2 is 1.56 bits per heavy atom. The van der Waals surface area contributed by atoms with E-state index in [1.54, 1.807) is 0 Å². The molecule has 27 heavy (non-hydrogen) atoms. The van der Waals surface area contributed by atoms with Gasteiger partial charge in [0.05, 0.1) is 4.90 Å². The molecule has 0 unspecified atom stereocenters. The molecule has 1 fully saturated rings. The monoisotopic (exact) mass is 412 g/mol. The van der Waals surface area contributed by atoms with Gasteiger partial charge in [0, 0.05) is 24.2 Å². The number of hydrogen-bond acceptors (Lipinski definition) is 4. The van der Waals surface area contributed by atoms with Crippen LogP contribution >= 0.6 is 12.2 Å². The van der Waals surface area contributed by atoms with Crippen LogP contribution in [0.5, 0.6) is 0 Å².